The molecular formula is C11H20N2O6S. The van der Waals surface area contributed by atoms with Gasteiger partial charge in [0.25, 0.3) is 10.2 Å². The maximum Gasteiger partial charge on any atom is 0.324 e. The number of nitrogens with one attached hydrogen (secondary N) is 1. The van der Waals surface area contributed by atoms with Crippen LogP contribution >= 0.6 is 0 Å². The minimum Gasteiger partial charge on any atom is -0.480 e. The lowest BCUT2D eigenvalue weighted by molar-refractivity contribution is -0.146. The van der Waals surface area contributed by atoms with E-state index in [-0.39, 0.29) is 13.2 Å². The van der Waals surface area contributed by atoms with Crippen molar-refractivity contribution in [2.75, 3.05) is 13.2 Å². The zero-order valence-corrected chi connectivity index (χ0v) is 12.6. The molecular weight excluding hydrogens is 288 g/mol. The first-order valence-electron chi connectivity index (χ1n) is 6.32. The van der Waals surface area contributed by atoms with Crippen molar-refractivity contribution in [1.82, 2.24) is 9.03 Å². The largest absolute Gasteiger partial charge is 0.480 e. The fourth-order valence-electron chi connectivity index (χ4n) is 1.93. The fourth-order valence-corrected chi connectivity index (χ4v) is 3.67. The minimum absolute atomic E-state index is 0.161. The summed E-state index contributed by atoms with van der Waals surface area (Å²) in [4.78, 5) is 22.7. The molecule has 1 unspecified atom stereocenters. The molecule has 2 N–H and O–H groups in total. The van der Waals surface area contributed by atoms with E-state index in [1.54, 1.807) is 6.92 Å². The Kier molecular flexibility index (Phi) is 5.11. The van der Waals surface area contributed by atoms with E-state index in [1.165, 1.54) is 13.8 Å². The van der Waals surface area contributed by atoms with Crippen LogP contribution in [0.1, 0.15) is 33.6 Å². The Bertz CT molecular complexity index is 487. The maximum absolute atomic E-state index is 12.2. The number of carbonyl (C=O) groups excluding carboxylic acids is 1. The SMILES string of the molecule is CCOC(=O)C1CCCN1S(=O)(=O)NC(C)(C)C(=O)O. The van der Waals surface area contributed by atoms with Crippen molar-refractivity contribution in [3.05, 3.63) is 0 Å². The number of nitrogens with zero attached hydrogens (tertiary/aromatic N) is 1. The predicted molar refractivity (Wildman–Crippen MR) is 70.1 cm³/mol. The number of rotatable bonds is 6. The molecule has 1 aliphatic heterocycles. The van der Waals surface area contributed by atoms with Crippen LogP contribution in [0, 0.1) is 0 Å². The third-order valence-electron chi connectivity index (χ3n) is 2.99. The first kappa shape index (κ1) is 16.9. The molecule has 0 radical (unpaired) electrons. The average Bonchev–Trinajstić information content (AvgIpc) is 2.77. The second-order valence-corrected chi connectivity index (χ2v) is 6.68. The highest BCUT2D eigenvalue weighted by Gasteiger charge is 2.43. The summed E-state index contributed by atoms with van der Waals surface area (Å²) in [6, 6.07) is -0.892. The number of carbonyl (C=O) groups is 2. The van der Waals surface area contributed by atoms with Crippen LogP contribution in [0.4, 0.5) is 0 Å². The summed E-state index contributed by atoms with van der Waals surface area (Å²) in [5.74, 6) is -1.91. The van der Waals surface area contributed by atoms with Crippen molar-refractivity contribution in [3.8, 4) is 0 Å². The van der Waals surface area contributed by atoms with Gasteiger partial charge in [0, 0.05) is 6.54 Å². The molecule has 0 bridgehead atoms. The van der Waals surface area contributed by atoms with Crippen LogP contribution in [-0.4, -0.2) is 54.5 Å². The van der Waals surface area contributed by atoms with Gasteiger partial charge in [0.15, 0.2) is 0 Å². The van der Waals surface area contributed by atoms with Gasteiger partial charge >= 0.3 is 11.9 Å². The van der Waals surface area contributed by atoms with Crippen LogP contribution < -0.4 is 4.72 Å². The summed E-state index contributed by atoms with van der Waals surface area (Å²) >= 11 is 0. The van der Waals surface area contributed by atoms with Gasteiger partial charge in [0.2, 0.25) is 0 Å². The standard InChI is InChI=1S/C11H20N2O6S/c1-4-19-9(14)8-6-5-7-13(8)20(17,18)12-11(2,3)10(15)16/h8,12H,4-7H2,1-3H3,(H,15,16). The number of esters is 1. The lowest BCUT2D eigenvalue weighted by atomic mass is 10.1. The molecule has 1 heterocycles. The average molecular weight is 308 g/mol. The lowest BCUT2D eigenvalue weighted by Gasteiger charge is -2.27. The van der Waals surface area contributed by atoms with Gasteiger partial charge < -0.3 is 9.84 Å². The normalized spacial score (nSPS) is 20.9. The molecule has 1 rings (SSSR count). The number of ether oxygens (including phenoxy) is 1. The van der Waals surface area contributed by atoms with E-state index >= 15 is 0 Å². The Balaban J connectivity index is 2.91. The van der Waals surface area contributed by atoms with E-state index in [9.17, 15) is 18.0 Å². The number of carboxylic acids is 1. The first-order chi connectivity index (χ1) is 9.12. The van der Waals surface area contributed by atoms with Gasteiger partial charge in [-0.3, -0.25) is 9.59 Å². The van der Waals surface area contributed by atoms with Crippen molar-refractivity contribution in [2.24, 2.45) is 0 Å². The van der Waals surface area contributed by atoms with Crippen molar-refractivity contribution in [2.45, 2.75) is 45.2 Å². The molecule has 116 valence electrons. The number of hydrogen-bond acceptors (Lipinski definition) is 5. The number of aliphatic carboxylic acids is 1. The summed E-state index contributed by atoms with van der Waals surface area (Å²) in [5.41, 5.74) is -1.65. The molecule has 0 aromatic rings. The Morgan fingerprint density at radius 2 is 2.05 bits per heavy atom. The molecule has 20 heavy (non-hydrogen) atoms. The van der Waals surface area contributed by atoms with Gasteiger partial charge in [-0.25, -0.2) is 0 Å². The molecule has 1 atom stereocenters. The van der Waals surface area contributed by atoms with E-state index in [1.807, 2.05) is 0 Å². The Labute approximate surface area is 118 Å². The first-order valence-corrected chi connectivity index (χ1v) is 7.76. The lowest BCUT2D eigenvalue weighted by Crippen LogP contribution is -2.56. The second-order valence-electron chi connectivity index (χ2n) is 5.06. The zero-order chi connectivity index (χ0) is 15.6. The third-order valence-corrected chi connectivity index (χ3v) is 4.81. The summed E-state index contributed by atoms with van der Waals surface area (Å²) in [6.45, 7) is 4.44. The second kappa shape index (κ2) is 6.06. The van der Waals surface area contributed by atoms with Crippen molar-refractivity contribution >= 4 is 22.1 Å². The highest BCUT2D eigenvalue weighted by atomic mass is 32.2. The smallest absolute Gasteiger partial charge is 0.324 e. The molecule has 0 spiro atoms. The van der Waals surface area contributed by atoms with Gasteiger partial charge in [-0.2, -0.15) is 17.4 Å². The van der Waals surface area contributed by atoms with Gasteiger partial charge in [-0.15, -0.1) is 0 Å². The Hall–Kier alpha value is -1.19. The molecule has 0 aromatic carbocycles. The Morgan fingerprint density at radius 1 is 1.45 bits per heavy atom. The summed E-state index contributed by atoms with van der Waals surface area (Å²) < 4.78 is 32.3. The topological polar surface area (TPSA) is 113 Å². The van der Waals surface area contributed by atoms with Gasteiger partial charge in [-0.05, 0) is 33.6 Å². The predicted octanol–water partition coefficient (Wildman–Crippen LogP) is -0.288. The highest BCUT2D eigenvalue weighted by Crippen LogP contribution is 2.22. The molecule has 1 fully saturated rings. The van der Waals surface area contributed by atoms with Crippen LogP contribution in [-0.2, 0) is 24.5 Å². The third kappa shape index (κ3) is 3.68. The van der Waals surface area contributed by atoms with Crippen molar-refractivity contribution in [1.29, 1.82) is 0 Å². The molecule has 9 heteroatoms. The fraction of sp³-hybridized carbons (Fsp3) is 0.818. The van der Waals surface area contributed by atoms with E-state index in [0.717, 1.165) is 4.31 Å². The number of hydrogen-bond donors (Lipinski definition) is 2. The molecule has 0 aliphatic carbocycles. The zero-order valence-electron chi connectivity index (χ0n) is 11.7. The molecule has 0 saturated carbocycles. The van der Waals surface area contributed by atoms with E-state index < -0.39 is 33.7 Å². The van der Waals surface area contributed by atoms with Gasteiger partial charge in [0.1, 0.15) is 11.6 Å². The van der Waals surface area contributed by atoms with E-state index in [2.05, 4.69) is 4.72 Å². The number of carboxylic acid groups (broad SMARTS) is 1. The van der Waals surface area contributed by atoms with Crippen LogP contribution in [0.5, 0.6) is 0 Å². The van der Waals surface area contributed by atoms with Gasteiger partial charge in [-0.1, -0.05) is 0 Å². The molecule has 0 aromatic heterocycles. The van der Waals surface area contributed by atoms with Crippen molar-refractivity contribution < 1.29 is 27.9 Å². The summed E-state index contributed by atoms with van der Waals surface area (Å²) in [6.07, 6.45) is 0.894. The van der Waals surface area contributed by atoms with Gasteiger partial charge in [0.05, 0.1) is 6.61 Å². The van der Waals surface area contributed by atoms with Crippen LogP contribution in [0.25, 0.3) is 0 Å². The molecule has 1 saturated heterocycles. The molecule has 1 aliphatic rings. The Morgan fingerprint density at radius 3 is 2.55 bits per heavy atom. The molecule has 0 amide bonds. The maximum atomic E-state index is 12.2. The highest BCUT2D eigenvalue weighted by molar-refractivity contribution is 7.87. The monoisotopic (exact) mass is 308 g/mol. The van der Waals surface area contributed by atoms with Crippen molar-refractivity contribution in [3.63, 3.8) is 0 Å². The minimum atomic E-state index is -4.07. The quantitative estimate of drug-likeness (QED) is 0.652. The summed E-state index contributed by atoms with van der Waals surface area (Å²) in [5, 5.41) is 8.97. The van der Waals surface area contributed by atoms with Crippen LogP contribution in [0.15, 0.2) is 0 Å². The molecule has 8 nitrogen and oxygen atoms in total. The van der Waals surface area contributed by atoms with E-state index in [0.29, 0.717) is 12.8 Å². The summed E-state index contributed by atoms with van der Waals surface area (Å²) in [7, 11) is -4.07. The van der Waals surface area contributed by atoms with E-state index in [4.69, 9.17) is 9.84 Å². The van der Waals surface area contributed by atoms with Crippen LogP contribution in [0.3, 0.4) is 0 Å². The van der Waals surface area contributed by atoms with Crippen LogP contribution in [0.2, 0.25) is 0 Å².